The Kier molecular flexibility index (Phi) is 9.21. The maximum Gasteiger partial charge on any atom is 0.227 e. The fraction of sp³-hybridized carbons (Fsp3) is 0.533. The van der Waals surface area contributed by atoms with Crippen LogP contribution in [0.4, 0.5) is 5.69 Å². The van der Waals surface area contributed by atoms with Gasteiger partial charge >= 0.3 is 0 Å². The second-order valence-electron chi connectivity index (χ2n) is 9.90. The number of rotatable bonds is 14. The average molecular weight is 476 g/mol. The number of amides is 1. The molecule has 1 amide bonds. The molecule has 1 aliphatic heterocycles. The molecule has 0 saturated carbocycles. The Bertz CT molecular complexity index is 1070. The van der Waals surface area contributed by atoms with Crippen LogP contribution < -0.4 is 9.64 Å². The number of fused-ring (bicyclic) bond motifs is 1. The van der Waals surface area contributed by atoms with Crippen molar-refractivity contribution in [1.82, 2.24) is 9.55 Å². The summed E-state index contributed by atoms with van der Waals surface area (Å²) in [5.74, 6) is 2.14. The van der Waals surface area contributed by atoms with Crippen molar-refractivity contribution < 1.29 is 9.53 Å². The first-order valence-electron chi connectivity index (χ1n) is 13.6. The molecule has 1 saturated heterocycles. The van der Waals surface area contributed by atoms with Crippen molar-refractivity contribution in [3.63, 3.8) is 0 Å². The number of aryl methyl sites for hydroxylation is 1. The number of benzene rings is 2. The van der Waals surface area contributed by atoms with Gasteiger partial charge in [0, 0.05) is 31.1 Å². The number of aromatic nitrogens is 2. The number of hydrogen-bond acceptors (Lipinski definition) is 3. The van der Waals surface area contributed by atoms with Gasteiger partial charge in [0.2, 0.25) is 5.91 Å². The number of hydrogen-bond donors (Lipinski definition) is 0. The smallest absolute Gasteiger partial charge is 0.227 e. The summed E-state index contributed by atoms with van der Waals surface area (Å²) in [6.07, 6.45) is 13.8. The van der Waals surface area contributed by atoms with Gasteiger partial charge in [-0.15, -0.1) is 0 Å². The monoisotopic (exact) mass is 475 g/mol. The lowest BCUT2D eigenvalue weighted by molar-refractivity contribution is -0.117. The molecular formula is C30H41N3O2. The van der Waals surface area contributed by atoms with E-state index in [0.29, 0.717) is 13.0 Å². The number of anilines is 1. The van der Waals surface area contributed by atoms with Crippen LogP contribution in [0.3, 0.4) is 0 Å². The average Bonchev–Trinajstić information content (AvgIpc) is 3.45. The van der Waals surface area contributed by atoms with Gasteiger partial charge in [-0.1, -0.05) is 76.8 Å². The third kappa shape index (κ3) is 6.45. The number of unbranched alkanes of at least 4 members (excludes halogenated alkanes) is 9. The molecule has 4 rings (SSSR count). The second-order valence-corrected chi connectivity index (χ2v) is 9.90. The predicted molar refractivity (Wildman–Crippen MR) is 144 cm³/mol. The van der Waals surface area contributed by atoms with Crippen molar-refractivity contribution in [1.29, 1.82) is 0 Å². The molecule has 188 valence electrons. The van der Waals surface area contributed by atoms with Gasteiger partial charge in [-0.2, -0.15) is 0 Å². The number of para-hydroxylation sites is 2. The molecule has 0 unspecified atom stereocenters. The molecule has 3 aromatic rings. The topological polar surface area (TPSA) is 47.4 Å². The van der Waals surface area contributed by atoms with Gasteiger partial charge in [0.1, 0.15) is 11.6 Å². The van der Waals surface area contributed by atoms with Crippen LogP contribution in [0.5, 0.6) is 5.75 Å². The summed E-state index contributed by atoms with van der Waals surface area (Å²) in [5, 5.41) is 0. The fourth-order valence-corrected chi connectivity index (χ4v) is 5.29. The fourth-order valence-electron chi connectivity index (χ4n) is 5.29. The highest BCUT2D eigenvalue weighted by molar-refractivity contribution is 5.96. The minimum atomic E-state index is 0.111. The Morgan fingerprint density at radius 2 is 1.54 bits per heavy atom. The van der Waals surface area contributed by atoms with Crippen molar-refractivity contribution in [2.24, 2.45) is 0 Å². The van der Waals surface area contributed by atoms with Gasteiger partial charge in [-0.25, -0.2) is 4.98 Å². The van der Waals surface area contributed by atoms with E-state index in [9.17, 15) is 4.79 Å². The van der Waals surface area contributed by atoms with Crippen LogP contribution in [-0.2, 0) is 11.3 Å². The van der Waals surface area contributed by atoms with Gasteiger partial charge in [0.25, 0.3) is 0 Å². The molecule has 1 atom stereocenters. The summed E-state index contributed by atoms with van der Waals surface area (Å²) in [5.41, 5.74) is 3.15. The maximum atomic E-state index is 12.9. The van der Waals surface area contributed by atoms with E-state index in [0.717, 1.165) is 35.7 Å². The van der Waals surface area contributed by atoms with Crippen LogP contribution in [0.15, 0.2) is 48.5 Å². The van der Waals surface area contributed by atoms with E-state index in [4.69, 9.17) is 9.72 Å². The number of imidazole rings is 1. The number of ether oxygens (including phenoxy) is 1. The highest BCUT2D eigenvalue weighted by Crippen LogP contribution is 2.34. The summed E-state index contributed by atoms with van der Waals surface area (Å²) in [7, 11) is 1.66. The molecule has 1 fully saturated rings. The van der Waals surface area contributed by atoms with Crippen molar-refractivity contribution in [3.8, 4) is 5.75 Å². The Morgan fingerprint density at radius 3 is 2.23 bits per heavy atom. The third-order valence-corrected chi connectivity index (χ3v) is 7.29. The Hall–Kier alpha value is -2.82. The minimum absolute atomic E-state index is 0.111. The van der Waals surface area contributed by atoms with E-state index in [1.54, 1.807) is 7.11 Å². The van der Waals surface area contributed by atoms with E-state index >= 15 is 0 Å². The van der Waals surface area contributed by atoms with E-state index in [-0.39, 0.29) is 11.8 Å². The molecule has 1 aromatic heterocycles. The van der Waals surface area contributed by atoms with Gasteiger partial charge in [0.15, 0.2) is 0 Å². The number of methoxy groups -OCH3 is 1. The lowest BCUT2D eigenvalue weighted by atomic mass is 10.1. The number of carbonyl (C=O) groups excluding carboxylic acids is 1. The third-order valence-electron chi connectivity index (χ3n) is 7.29. The molecule has 35 heavy (non-hydrogen) atoms. The lowest BCUT2D eigenvalue weighted by Gasteiger charge is -2.18. The first-order chi connectivity index (χ1) is 17.2. The molecule has 5 heteroatoms. The van der Waals surface area contributed by atoms with Gasteiger partial charge in [-0.05, 0) is 42.8 Å². The molecule has 0 N–H and O–H groups in total. The first kappa shape index (κ1) is 25.3. The van der Waals surface area contributed by atoms with Crippen LogP contribution in [0.1, 0.15) is 89.3 Å². The summed E-state index contributed by atoms with van der Waals surface area (Å²) >= 11 is 0. The molecular weight excluding hydrogens is 434 g/mol. The highest BCUT2D eigenvalue weighted by atomic mass is 16.5. The van der Waals surface area contributed by atoms with Crippen LogP contribution >= 0.6 is 0 Å². The summed E-state index contributed by atoms with van der Waals surface area (Å²) in [6.45, 7) is 3.92. The molecule has 0 aliphatic carbocycles. The van der Waals surface area contributed by atoms with Crippen LogP contribution in [0.2, 0.25) is 0 Å². The Labute approximate surface area is 210 Å². The van der Waals surface area contributed by atoms with E-state index in [1.165, 1.54) is 63.3 Å². The molecule has 0 radical (unpaired) electrons. The molecule has 1 aliphatic rings. The zero-order chi connectivity index (χ0) is 24.5. The van der Waals surface area contributed by atoms with Crippen molar-refractivity contribution in [2.75, 3.05) is 18.6 Å². The SMILES string of the molecule is CCCCCCCCCCCCn1c([C@H]2CC(=O)N(c3ccc(OC)cc3)C2)nc2ccccc21. The molecule has 0 spiro atoms. The first-order valence-corrected chi connectivity index (χ1v) is 13.6. The maximum absolute atomic E-state index is 12.9. The lowest BCUT2D eigenvalue weighted by Crippen LogP contribution is -2.24. The predicted octanol–water partition coefficient (Wildman–Crippen LogP) is 7.49. The molecule has 2 heterocycles. The van der Waals surface area contributed by atoms with Gasteiger partial charge in [0.05, 0.1) is 18.1 Å². The number of nitrogens with zero attached hydrogens (tertiary/aromatic N) is 3. The van der Waals surface area contributed by atoms with E-state index < -0.39 is 0 Å². The van der Waals surface area contributed by atoms with Gasteiger partial charge < -0.3 is 14.2 Å². The molecule has 2 aromatic carbocycles. The zero-order valence-corrected chi connectivity index (χ0v) is 21.5. The molecule has 5 nitrogen and oxygen atoms in total. The molecule has 0 bridgehead atoms. The van der Waals surface area contributed by atoms with Crippen LogP contribution in [0.25, 0.3) is 11.0 Å². The summed E-state index contributed by atoms with van der Waals surface area (Å²) in [6, 6.07) is 16.1. The normalized spacial score (nSPS) is 15.9. The Morgan fingerprint density at radius 1 is 0.886 bits per heavy atom. The van der Waals surface area contributed by atoms with Crippen LogP contribution in [0, 0.1) is 0 Å². The van der Waals surface area contributed by atoms with Crippen molar-refractivity contribution in [3.05, 3.63) is 54.4 Å². The Balaban J connectivity index is 1.36. The summed E-state index contributed by atoms with van der Waals surface area (Å²) in [4.78, 5) is 19.9. The van der Waals surface area contributed by atoms with Gasteiger partial charge in [-0.3, -0.25) is 4.79 Å². The van der Waals surface area contributed by atoms with E-state index in [2.05, 4.69) is 29.7 Å². The second kappa shape index (κ2) is 12.8. The highest BCUT2D eigenvalue weighted by Gasteiger charge is 2.34. The number of carbonyl (C=O) groups is 1. The van der Waals surface area contributed by atoms with E-state index in [1.807, 2.05) is 35.2 Å². The van der Waals surface area contributed by atoms with Crippen LogP contribution in [-0.4, -0.2) is 29.1 Å². The standard InChI is InChI=1S/C30H41N3O2/c1-3-4-5-6-7-8-9-10-11-14-21-32-28-16-13-12-15-27(28)31-30(32)24-22-29(34)33(23-24)25-17-19-26(35-2)20-18-25/h12-13,15-20,24H,3-11,14,21-23H2,1-2H3/t24-/m0/s1. The quantitative estimate of drug-likeness (QED) is 0.227. The van der Waals surface area contributed by atoms with Crippen molar-refractivity contribution in [2.45, 2.75) is 90.0 Å². The zero-order valence-electron chi connectivity index (χ0n) is 21.5. The minimum Gasteiger partial charge on any atom is -0.497 e. The summed E-state index contributed by atoms with van der Waals surface area (Å²) < 4.78 is 7.65. The largest absolute Gasteiger partial charge is 0.497 e. The van der Waals surface area contributed by atoms with Crippen molar-refractivity contribution >= 4 is 22.6 Å².